The highest BCUT2D eigenvalue weighted by Crippen LogP contribution is 2.28. The average Bonchev–Trinajstić information content (AvgIpc) is 2.84. The minimum Gasteiger partial charge on any atom is -0.377 e. The molecule has 1 aromatic rings. The molecule has 1 aliphatic heterocycles. The van der Waals surface area contributed by atoms with Crippen molar-refractivity contribution in [3.63, 3.8) is 0 Å². The van der Waals surface area contributed by atoms with Crippen molar-refractivity contribution in [3.8, 4) is 6.07 Å². The fourth-order valence-electron chi connectivity index (χ4n) is 1.46. The molecule has 0 bridgehead atoms. The van der Waals surface area contributed by atoms with Crippen LogP contribution in [0.25, 0.3) is 0 Å². The molecule has 17 heavy (non-hydrogen) atoms. The first kappa shape index (κ1) is 12.0. The number of hydrogen-bond donors (Lipinski definition) is 1. The highest BCUT2D eigenvalue weighted by atomic mass is 32.2. The Morgan fingerprint density at radius 1 is 1.35 bits per heavy atom. The van der Waals surface area contributed by atoms with Crippen LogP contribution in [0.5, 0.6) is 0 Å². The molecule has 0 spiro atoms. The molecule has 0 atom stereocenters. The van der Waals surface area contributed by atoms with Crippen LogP contribution < -0.4 is 5.32 Å². The Bertz CT molecular complexity index is 578. The highest BCUT2D eigenvalue weighted by Gasteiger charge is 2.26. The zero-order valence-corrected chi connectivity index (χ0v) is 10.5. The molecule has 1 aromatic carbocycles. The van der Waals surface area contributed by atoms with E-state index in [0.717, 1.165) is 5.75 Å². The summed E-state index contributed by atoms with van der Waals surface area (Å²) in [5.41, 5.74) is 0. The van der Waals surface area contributed by atoms with Gasteiger partial charge >= 0.3 is 0 Å². The molecule has 0 aromatic heterocycles. The molecule has 88 valence electrons. The smallest absolute Gasteiger partial charge is 0.219 e. The molecule has 1 N–H and O–H groups in total. The number of nitrogens with one attached hydrogen (secondary N) is 1. The van der Waals surface area contributed by atoms with Gasteiger partial charge in [-0.1, -0.05) is 18.2 Å². The van der Waals surface area contributed by atoms with Gasteiger partial charge in [-0.15, -0.1) is 11.8 Å². The van der Waals surface area contributed by atoms with E-state index in [9.17, 15) is 8.42 Å². The second-order valence-corrected chi connectivity index (χ2v) is 6.35. The Labute approximate surface area is 104 Å². The third kappa shape index (κ3) is 2.30. The summed E-state index contributed by atoms with van der Waals surface area (Å²) < 4.78 is 24.4. The molecule has 0 unspecified atom stereocenters. The minimum atomic E-state index is -3.70. The molecular formula is C11H10N2O2S2. The van der Waals surface area contributed by atoms with Gasteiger partial charge in [0.1, 0.15) is 6.07 Å². The molecule has 1 heterocycles. The largest absolute Gasteiger partial charge is 0.377 e. The lowest BCUT2D eigenvalue weighted by Crippen LogP contribution is -2.12. The van der Waals surface area contributed by atoms with Crippen LogP contribution >= 0.6 is 11.8 Å². The lowest BCUT2D eigenvalue weighted by molar-refractivity contribution is 0.602. The van der Waals surface area contributed by atoms with Crippen LogP contribution in [0.2, 0.25) is 0 Å². The van der Waals surface area contributed by atoms with Gasteiger partial charge in [0.05, 0.1) is 9.92 Å². The molecule has 0 aliphatic carbocycles. The highest BCUT2D eigenvalue weighted by molar-refractivity contribution is 8.04. The molecule has 0 radical (unpaired) electrons. The summed E-state index contributed by atoms with van der Waals surface area (Å²) in [7, 11) is -3.70. The van der Waals surface area contributed by atoms with Crippen LogP contribution in [-0.2, 0) is 9.84 Å². The van der Waals surface area contributed by atoms with Gasteiger partial charge in [0.25, 0.3) is 0 Å². The van der Waals surface area contributed by atoms with Crippen LogP contribution in [0, 0.1) is 11.3 Å². The van der Waals surface area contributed by atoms with E-state index < -0.39 is 9.84 Å². The van der Waals surface area contributed by atoms with Gasteiger partial charge in [-0.2, -0.15) is 5.26 Å². The standard InChI is InChI=1S/C11H10N2O2S2/c12-8-10(11-13-6-7-16-11)17(14,15)9-4-2-1-3-5-9/h1-5,13H,6-7H2/b11-10-. The van der Waals surface area contributed by atoms with Gasteiger partial charge in [0.2, 0.25) is 9.84 Å². The number of hydrogen-bond acceptors (Lipinski definition) is 5. The van der Waals surface area contributed by atoms with Crippen molar-refractivity contribution >= 4 is 21.6 Å². The fraction of sp³-hybridized carbons (Fsp3) is 0.182. The maximum absolute atomic E-state index is 12.2. The predicted octanol–water partition coefficient (Wildman–Crippen LogP) is 1.49. The van der Waals surface area contributed by atoms with E-state index in [1.54, 1.807) is 24.3 Å². The first-order valence-electron chi connectivity index (χ1n) is 4.97. The van der Waals surface area contributed by atoms with E-state index in [1.165, 1.54) is 23.9 Å². The van der Waals surface area contributed by atoms with Crippen molar-refractivity contribution < 1.29 is 8.42 Å². The SMILES string of the molecule is N#C/C(=C1\NCCS1)S(=O)(=O)c1ccccc1. The normalized spacial score (nSPS) is 18.3. The Kier molecular flexibility index (Phi) is 3.41. The summed E-state index contributed by atoms with van der Waals surface area (Å²) in [5, 5.41) is 12.4. The zero-order chi connectivity index (χ0) is 12.3. The Hall–Kier alpha value is -1.45. The number of nitrogens with zero attached hydrogens (tertiary/aromatic N) is 1. The van der Waals surface area contributed by atoms with Crippen molar-refractivity contribution in [2.45, 2.75) is 4.90 Å². The Morgan fingerprint density at radius 2 is 2.06 bits per heavy atom. The Morgan fingerprint density at radius 3 is 2.59 bits per heavy atom. The maximum Gasteiger partial charge on any atom is 0.219 e. The topological polar surface area (TPSA) is 70.0 Å². The first-order valence-corrected chi connectivity index (χ1v) is 7.44. The second-order valence-electron chi connectivity index (χ2n) is 3.36. The van der Waals surface area contributed by atoms with E-state index >= 15 is 0 Å². The molecule has 0 saturated carbocycles. The first-order chi connectivity index (χ1) is 8.16. The molecule has 0 amide bonds. The number of nitriles is 1. The lowest BCUT2D eigenvalue weighted by Gasteiger charge is -2.05. The monoisotopic (exact) mass is 266 g/mol. The van der Waals surface area contributed by atoms with Crippen molar-refractivity contribution in [1.82, 2.24) is 5.32 Å². The van der Waals surface area contributed by atoms with Gasteiger partial charge in [-0.25, -0.2) is 8.42 Å². The Balaban J connectivity index is 2.53. The van der Waals surface area contributed by atoms with Gasteiger partial charge in [0, 0.05) is 12.3 Å². The summed E-state index contributed by atoms with van der Waals surface area (Å²) in [5.74, 6) is 0.783. The summed E-state index contributed by atoms with van der Waals surface area (Å²) in [4.78, 5) is -0.0375. The molecular weight excluding hydrogens is 256 g/mol. The lowest BCUT2D eigenvalue weighted by atomic mass is 10.4. The van der Waals surface area contributed by atoms with Gasteiger partial charge < -0.3 is 5.32 Å². The van der Waals surface area contributed by atoms with Crippen LogP contribution in [0.15, 0.2) is 45.2 Å². The predicted molar refractivity (Wildman–Crippen MR) is 66.7 cm³/mol. The van der Waals surface area contributed by atoms with E-state index in [1.807, 2.05) is 0 Å². The maximum atomic E-state index is 12.2. The summed E-state index contributed by atoms with van der Waals surface area (Å²) in [6.07, 6.45) is 0. The number of allylic oxidation sites excluding steroid dienone is 1. The second kappa shape index (κ2) is 4.82. The van der Waals surface area contributed by atoms with Crippen molar-refractivity contribution in [1.29, 1.82) is 5.26 Å². The van der Waals surface area contributed by atoms with Gasteiger partial charge in [-0.3, -0.25) is 0 Å². The van der Waals surface area contributed by atoms with Crippen LogP contribution in [0.1, 0.15) is 0 Å². The van der Waals surface area contributed by atoms with Gasteiger partial charge in [-0.05, 0) is 12.1 Å². The van der Waals surface area contributed by atoms with Crippen molar-refractivity contribution in [2.24, 2.45) is 0 Å². The number of benzene rings is 1. The summed E-state index contributed by atoms with van der Waals surface area (Å²) >= 11 is 1.36. The number of rotatable bonds is 2. The molecule has 1 fully saturated rings. The van der Waals surface area contributed by atoms with E-state index in [2.05, 4.69) is 5.32 Å². The molecule has 1 aliphatic rings. The quantitative estimate of drug-likeness (QED) is 0.821. The van der Waals surface area contributed by atoms with Crippen LogP contribution in [0.4, 0.5) is 0 Å². The van der Waals surface area contributed by atoms with E-state index in [0.29, 0.717) is 11.6 Å². The molecule has 1 saturated heterocycles. The average molecular weight is 266 g/mol. The van der Waals surface area contributed by atoms with Crippen molar-refractivity contribution in [2.75, 3.05) is 12.3 Å². The third-order valence-corrected chi connectivity index (χ3v) is 5.16. The summed E-state index contributed by atoms with van der Waals surface area (Å²) in [6, 6.07) is 9.80. The molecule has 4 nitrogen and oxygen atoms in total. The van der Waals surface area contributed by atoms with Crippen LogP contribution in [0.3, 0.4) is 0 Å². The van der Waals surface area contributed by atoms with Crippen molar-refractivity contribution in [3.05, 3.63) is 40.3 Å². The minimum absolute atomic E-state index is 0.151. The summed E-state index contributed by atoms with van der Waals surface area (Å²) in [6.45, 7) is 0.690. The molecule has 6 heteroatoms. The van der Waals surface area contributed by atoms with E-state index in [4.69, 9.17) is 5.26 Å². The number of thioether (sulfide) groups is 1. The fourth-order valence-corrected chi connectivity index (χ4v) is 3.95. The third-order valence-electron chi connectivity index (χ3n) is 2.26. The number of sulfone groups is 1. The molecule has 2 rings (SSSR count). The van der Waals surface area contributed by atoms with Gasteiger partial charge in [0.15, 0.2) is 4.91 Å². The zero-order valence-electron chi connectivity index (χ0n) is 8.88. The van der Waals surface area contributed by atoms with E-state index in [-0.39, 0.29) is 9.80 Å². The van der Waals surface area contributed by atoms with Crippen LogP contribution in [-0.4, -0.2) is 20.7 Å².